The van der Waals surface area contributed by atoms with Crippen LogP contribution in [-0.4, -0.2) is 6.54 Å². The predicted octanol–water partition coefficient (Wildman–Crippen LogP) is 8.02. The van der Waals surface area contributed by atoms with Crippen molar-refractivity contribution >= 4 is 5.69 Å². The van der Waals surface area contributed by atoms with Gasteiger partial charge >= 0.3 is 0 Å². The topological polar surface area (TPSA) is 3.24 Å². The first-order valence-corrected chi connectivity index (χ1v) is 11.8. The van der Waals surface area contributed by atoms with E-state index in [0.717, 1.165) is 13.0 Å². The maximum Gasteiger partial charge on any atom is 0.0635 e. The Morgan fingerprint density at radius 3 is 1.61 bits per heavy atom. The lowest BCUT2D eigenvalue weighted by Crippen LogP contribution is -2.40. The molecule has 1 aliphatic rings. The van der Waals surface area contributed by atoms with Crippen LogP contribution in [0.1, 0.15) is 82.1 Å². The lowest BCUT2D eigenvalue weighted by atomic mass is 9.75. The van der Waals surface area contributed by atoms with Crippen LogP contribution in [-0.2, 0) is 11.0 Å². The van der Waals surface area contributed by atoms with Crippen molar-refractivity contribution in [3.05, 3.63) is 101 Å². The summed E-state index contributed by atoms with van der Waals surface area (Å²) in [5.74, 6) is 0.967. The van der Waals surface area contributed by atoms with Crippen LogP contribution >= 0.6 is 0 Å². The third-order valence-electron chi connectivity index (χ3n) is 7.32. The Morgan fingerprint density at radius 2 is 1.13 bits per heavy atom. The van der Waals surface area contributed by atoms with Crippen molar-refractivity contribution < 1.29 is 0 Å². The van der Waals surface area contributed by atoms with E-state index in [9.17, 15) is 0 Å². The molecule has 0 spiro atoms. The second-order valence-corrected chi connectivity index (χ2v) is 10.4. The molecule has 0 saturated carbocycles. The average molecular weight is 412 g/mol. The molecule has 162 valence electrons. The highest BCUT2D eigenvalue weighted by Crippen LogP contribution is 2.53. The molecule has 4 rings (SSSR count). The van der Waals surface area contributed by atoms with Crippen molar-refractivity contribution in [2.45, 2.75) is 70.8 Å². The third-order valence-corrected chi connectivity index (χ3v) is 7.32. The van der Waals surface area contributed by atoms with Crippen molar-refractivity contribution in [3.8, 4) is 0 Å². The molecule has 0 amide bonds. The van der Waals surface area contributed by atoms with Gasteiger partial charge in [0.15, 0.2) is 0 Å². The van der Waals surface area contributed by atoms with E-state index in [2.05, 4.69) is 125 Å². The summed E-state index contributed by atoms with van der Waals surface area (Å²) in [5.41, 5.74) is 7.25. The summed E-state index contributed by atoms with van der Waals surface area (Å²) in [6.07, 6.45) is 1.10. The van der Waals surface area contributed by atoms with E-state index in [1.54, 1.807) is 0 Å². The molecule has 1 heteroatoms. The van der Waals surface area contributed by atoms with Crippen LogP contribution in [0, 0.1) is 0 Å². The lowest BCUT2D eigenvalue weighted by Gasteiger charge is -2.41. The zero-order chi connectivity index (χ0) is 22.2. The molecule has 2 atom stereocenters. The first-order chi connectivity index (χ1) is 14.8. The molecule has 0 radical (unpaired) electrons. The normalized spacial score (nSPS) is 23.7. The Kier molecular flexibility index (Phi) is 5.73. The first-order valence-electron chi connectivity index (χ1n) is 11.8. The van der Waals surface area contributed by atoms with Gasteiger partial charge in [-0.15, -0.1) is 0 Å². The Morgan fingerprint density at radius 1 is 0.645 bits per heavy atom. The van der Waals surface area contributed by atoms with Crippen molar-refractivity contribution in [2.24, 2.45) is 0 Å². The van der Waals surface area contributed by atoms with Crippen LogP contribution in [0.25, 0.3) is 0 Å². The number of hydrogen-bond acceptors (Lipinski definition) is 1. The van der Waals surface area contributed by atoms with E-state index in [1.165, 1.54) is 27.9 Å². The minimum Gasteiger partial charge on any atom is -0.361 e. The van der Waals surface area contributed by atoms with Crippen LogP contribution in [0.5, 0.6) is 0 Å². The molecule has 1 fully saturated rings. The molecule has 3 aromatic rings. The number of benzene rings is 3. The zero-order valence-electron chi connectivity index (χ0n) is 20.0. The highest BCUT2D eigenvalue weighted by molar-refractivity contribution is 5.66. The summed E-state index contributed by atoms with van der Waals surface area (Å²) in [6, 6.07) is 29.2. The van der Waals surface area contributed by atoms with Gasteiger partial charge < -0.3 is 4.90 Å². The maximum absolute atomic E-state index is 2.75. The van der Waals surface area contributed by atoms with Crippen LogP contribution < -0.4 is 4.90 Å². The monoisotopic (exact) mass is 411 g/mol. The fourth-order valence-corrected chi connectivity index (χ4v) is 5.67. The summed E-state index contributed by atoms with van der Waals surface area (Å²) in [4.78, 5) is 2.75. The molecule has 1 aliphatic heterocycles. The summed E-state index contributed by atoms with van der Waals surface area (Å²) >= 11 is 0. The van der Waals surface area contributed by atoms with E-state index in [0.29, 0.717) is 11.8 Å². The molecule has 0 bridgehead atoms. The molecule has 1 saturated heterocycles. The van der Waals surface area contributed by atoms with Gasteiger partial charge in [-0.25, -0.2) is 0 Å². The maximum atomic E-state index is 2.75. The molecule has 2 unspecified atom stereocenters. The van der Waals surface area contributed by atoms with Gasteiger partial charge in [0.25, 0.3) is 0 Å². The minimum atomic E-state index is -0.0690. The fourth-order valence-electron chi connectivity index (χ4n) is 5.67. The molecule has 1 nitrogen and oxygen atoms in total. The Bertz CT molecular complexity index is 995. The molecule has 3 aromatic carbocycles. The van der Waals surface area contributed by atoms with Crippen molar-refractivity contribution in [2.75, 3.05) is 11.4 Å². The van der Waals surface area contributed by atoms with Gasteiger partial charge in [0.05, 0.1) is 5.54 Å². The predicted molar refractivity (Wildman–Crippen MR) is 134 cm³/mol. The summed E-state index contributed by atoms with van der Waals surface area (Å²) in [5, 5.41) is 0. The van der Waals surface area contributed by atoms with Gasteiger partial charge in [0.1, 0.15) is 0 Å². The lowest BCUT2D eigenvalue weighted by molar-refractivity contribution is 0.428. The van der Waals surface area contributed by atoms with E-state index < -0.39 is 0 Å². The quantitative estimate of drug-likeness (QED) is 0.411. The standard InChI is InChI=1S/C30H37N/c1-22(2)26-18-13-19-27(23(3)4)28(26)31-21-29(5,24-14-9-7-10-15-24)20-30(31,6)25-16-11-8-12-17-25/h7-19,22-23H,20-21H2,1-6H3. The summed E-state index contributed by atoms with van der Waals surface area (Å²) < 4.78 is 0. The third kappa shape index (κ3) is 3.80. The molecule has 0 N–H and O–H groups in total. The molecule has 1 heterocycles. The van der Waals surface area contributed by atoms with Crippen LogP contribution in [0.15, 0.2) is 78.9 Å². The molecular formula is C30H37N. The van der Waals surface area contributed by atoms with Gasteiger partial charge in [-0.1, -0.05) is 113 Å². The van der Waals surface area contributed by atoms with Crippen LogP contribution in [0.3, 0.4) is 0 Å². The molecule has 0 aliphatic carbocycles. The van der Waals surface area contributed by atoms with Gasteiger partial charge in [0, 0.05) is 17.6 Å². The second-order valence-electron chi connectivity index (χ2n) is 10.4. The highest BCUT2D eigenvalue weighted by atomic mass is 15.2. The average Bonchev–Trinajstić information content (AvgIpc) is 3.07. The van der Waals surface area contributed by atoms with Gasteiger partial charge in [-0.2, -0.15) is 0 Å². The Balaban J connectivity index is 1.95. The van der Waals surface area contributed by atoms with E-state index in [4.69, 9.17) is 0 Å². The van der Waals surface area contributed by atoms with Crippen molar-refractivity contribution in [1.82, 2.24) is 0 Å². The second kappa shape index (κ2) is 8.19. The van der Waals surface area contributed by atoms with E-state index in [-0.39, 0.29) is 11.0 Å². The zero-order valence-corrected chi connectivity index (χ0v) is 20.0. The summed E-state index contributed by atoms with van der Waals surface area (Å²) in [7, 11) is 0. The highest BCUT2D eigenvalue weighted by Gasteiger charge is 2.51. The number of anilines is 1. The number of para-hydroxylation sites is 1. The molecular weight excluding hydrogens is 374 g/mol. The number of hydrogen-bond donors (Lipinski definition) is 0. The Hall–Kier alpha value is -2.54. The van der Waals surface area contributed by atoms with E-state index in [1.807, 2.05) is 0 Å². The van der Waals surface area contributed by atoms with Gasteiger partial charge in [0.2, 0.25) is 0 Å². The van der Waals surface area contributed by atoms with Crippen LogP contribution in [0.4, 0.5) is 5.69 Å². The van der Waals surface area contributed by atoms with Gasteiger partial charge in [-0.05, 0) is 47.4 Å². The minimum absolute atomic E-state index is 0.0690. The van der Waals surface area contributed by atoms with Crippen LogP contribution in [0.2, 0.25) is 0 Å². The first kappa shape index (κ1) is 21.7. The van der Waals surface area contributed by atoms with E-state index >= 15 is 0 Å². The Labute approximate surface area is 189 Å². The largest absolute Gasteiger partial charge is 0.361 e. The van der Waals surface area contributed by atoms with Crippen molar-refractivity contribution in [1.29, 1.82) is 0 Å². The van der Waals surface area contributed by atoms with Crippen molar-refractivity contribution in [3.63, 3.8) is 0 Å². The SMILES string of the molecule is CC(C)c1cccc(C(C)C)c1N1CC(C)(c2ccccc2)CC1(C)c1ccccc1. The molecule has 31 heavy (non-hydrogen) atoms. The fraction of sp³-hybridized carbons (Fsp3) is 0.400. The van der Waals surface area contributed by atoms with Gasteiger partial charge in [-0.3, -0.25) is 0 Å². The summed E-state index contributed by atoms with van der Waals surface area (Å²) in [6.45, 7) is 15.2. The smallest absolute Gasteiger partial charge is 0.0635 e. The number of rotatable bonds is 5. The molecule has 0 aromatic heterocycles. The number of nitrogens with zero attached hydrogens (tertiary/aromatic N) is 1.